The van der Waals surface area contributed by atoms with E-state index in [-0.39, 0.29) is 10.1 Å². The quantitative estimate of drug-likeness (QED) is 0.605. The van der Waals surface area contributed by atoms with Crippen LogP contribution in [-0.2, 0) is 27.7 Å². The number of sulfonamides is 1. The molecule has 0 spiro atoms. The lowest BCUT2D eigenvalue weighted by Crippen LogP contribution is -2.43. The molecule has 3 heterocycles. The number of rotatable bonds is 5. The highest BCUT2D eigenvalue weighted by atomic mass is 35.5. The van der Waals surface area contributed by atoms with Crippen molar-refractivity contribution in [3.05, 3.63) is 58.1 Å². The van der Waals surface area contributed by atoms with Gasteiger partial charge in [-0.3, -0.25) is 4.79 Å². The van der Waals surface area contributed by atoms with Crippen LogP contribution in [0.3, 0.4) is 0 Å². The van der Waals surface area contributed by atoms with Crippen LogP contribution in [-0.4, -0.2) is 41.0 Å². The van der Waals surface area contributed by atoms with Crippen molar-refractivity contribution in [3.8, 4) is 5.69 Å². The lowest BCUT2D eigenvalue weighted by Gasteiger charge is -2.23. The zero-order valence-corrected chi connectivity index (χ0v) is 19.0. The van der Waals surface area contributed by atoms with Gasteiger partial charge in [-0.25, -0.2) is 13.1 Å². The maximum Gasteiger partial charge on any atom is 0.253 e. The highest BCUT2D eigenvalue weighted by molar-refractivity contribution is 7.91. The molecule has 1 N–H and O–H groups in total. The van der Waals surface area contributed by atoms with Crippen LogP contribution >= 0.6 is 22.9 Å². The number of carbonyl (C=O) groups is 1. The van der Waals surface area contributed by atoms with Crippen molar-refractivity contribution in [2.75, 3.05) is 11.9 Å². The lowest BCUT2D eigenvalue weighted by molar-refractivity contribution is -0.119. The molecule has 31 heavy (non-hydrogen) atoms. The minimum Gasteiger partial charge on any atom is -0.309 e. The molecule has 1 fully saturated rings. The van der Waals surface area contributed by atoms with E-state index in [1.165, 1.54) is 10.4 Å². The zero-order chi connectivity index (χ0) is 21.6. The first-order valence-corrected chi connectivity index (χ1v) is 12.8. The summed E-state index contributed by atoms with van der Waals surface area (Å²) in [6.45, 7) is 0.312. The van der Waals surface area contributed by atoms with Crippen LogP contribution in [0.2, 0.25) is 4.34 Å². The van der Waals surface area contributed by atoms with Crippen molar-refractivity contribution in [2.45, 2.75) is 42.4 Å². The first-order chi connectivity index (χ1) is 14.9. The number of amides is 1. The number of carbonyl (C=O) groups excluding carboxylic acids is 1. The van der Waals surface area contributed by atoms with Gasteiger partial charge in [0.15, 0.2) is 0 Å². The van der Waals surface area contributed by atoms with Crippen molar-refractivity contribution in [2.24, 2.45) is 0 Å². The molecule has 7 nitrogen and oxygen atoms in total. The Kier molecular flexibility index (Phi) is 5.37. The summed E-state index contributed by atoms with van der Waals surface area (Å²) in [6, 6.07) is 11.9. The molecule has 1 atom stereocenters. The average molecular weight is 477 g/mol. The molecule has 1 aliphatic carbocycles. The van der Waals surface area contributed by atoms with E-state index in [0.29, 0.717) is 29.5 Å². The monoisotopic (exact) mass is 476 g/mol. The molecular weight excluding hydrogens is 456 g/mol. The number of hydrogen-bond acceptors (Lipinski definition) is 5. The smallest absolute Gasteiger partial charge is 0.253 e. The molecule has 1 aliphatic heterocycles. The largest absolute Gasteiger partial charge is 0.309 e. The maximum absolute atomic E-state index is 13.3. The van der Waals surface area contributed by atoms with Crippen LogP contribution in [0.1, 0.15) is 30.5 Å². The fourth-order valence-corrected chi connectivity index (χ4v) is 7.59. The molecule has 2 aliphatic rings. The Labute approximate surface area is 189 Å². The molecule has 3 aromatic rings. The number of nitrogens with zero attached hydrogens (tertiary/aromatic N) is 3. The number of thiophene rings is 1. The van der Waals surface area contributed by atoms with Crippen molar-refractivity contribution >= 4 is 44.7 Å². The van der Waals surface area contributed by atoms with Crippen LogP contribution < -0.4 is 5.32 Å². The third kappa shape index (κ3) is 3.69. The molecule has 10 heteroatoms. The molecule has 162 valence electrons. The molecular formula is C21H21ClN4O3S2. The second kappa shape index (κ2) is 8.05. The fourth-order valence-electron chi connectivity index (χ4n) is 4.32. The Balaban J connectivity index is 1.45. The van der Waals surface area contributed by atoms with Crippen molar-refractivity contribution in [3.63, 3.8) is 0 Å². The molecule has 0 bridgehead atoms. The standard InChI is InChI=1S/C21H21ClN4O3S2/c22-18-11-12-19(30-18)31(28,29)25-13-5-10-17(25)21(27)23-20-15-8-4-9-16(15)24-26(20)14-6-2-1-3-7-14/h1-3,6-7,11-12,17H,4-5,8-10,13H2,(H,23,27). The van der Waals surface area contributed by atoms with Crippen LogP contribution in [0.4, 0.5) is 5.82 Å². The van der Waals surface area contributed by atoms with E-state index in [0.717, 1.165) is 47.5 Å². The molecule has 1 unspecified atom stereocenters. The van der Waals surface area contributed by atoms with Crippen LogP contribution in [0.25, 0.3) is 5.69 Å². The van der Waals surface area contributed by atoms with Crippen molar-refractivity contribution in [1.82, 2.24) is 14.1 Å². The van der Waals surface area contributed by atoms with Crippen molar-refractivity contribution in [1.29, 1.82) is 0 Å². The highest BCUT2D eigenvalue weighted by Crippen LogP contribution is 2.34. The van der Waals surface area contributed by atoms with Gasteiger partial charge in [-0.15, -0.1) is 11.3 Å². The molecule has 0 radical (unpaired) electrons. The predicted octanol–water partition coefficient (Wildman–Crippen LogP) is 3.87. The van der Waals surface area contributed by atoms with Gasteiger partial charge in [0.2, 0.25) is 5.91 Å². The van der Waals surface area contributed by atoms with Gasteiger partial charge < -0.3 is 5.32 Å². The van der Waals surface area contributed by atoms with E-state index in [1.807, 2.05) is 30.3 Å². The highest BCUT2D eigenvalue weighted by Gasteiger charge is 2.40. The van der Waals surface area contributed by atoms with Crippen molar-refractivity contribution < 1.29 is 13.2 Å². The van der Waals surface area contributed by atoms with Gasteiger partial charge in [-0.1, -0.05) is 29.8 Å². The number of para-hydroxylation sites is 1. The number of fused-ring (bicyclic) bond motifs is 1. The summed E-state index contributed by atoms with van der Waals surface area (Å²) in [6.07, 6.45) is 3.83. The van der Waals surface area contributed by atoms with E-state index in [9.17, 15) is 13.2 Å². The van der Waals surface area contributed by atoms with E-state index in [4.69, 9.17) is 16.7 Å². The van der Waals surface area contributed by atoms with Gasteiger partial charge in [0, 0.05) is 12.1 Å². The lowest BCUT2D eigenvalue weighted by atomic mass is 10.2. The summed E-state index contributed by atoms with van der Waals surface area (Å²) in [7, 11) is -3.78. The van der Waals surface area contributed by atoms with Gasteiger partial charge in [0.1, 0.15) is 16.1 Å². The van der Waals surface area contributed by atoms with E-state index < -0.39 is 16.1 Å². The fraction of sp³-hybridized carbons (Fsp3) is 0.333. The maximum atomic E-state index is 13.3. The third-order valence-corrected chi connectivity index (χ3v) is 9.37. The summed E-state index contributed by atoms with van der Waals surface area (Å²) in [4.78, 5) is 13.3. The normalized spacial score (nSPS) is 18.9. The topological polar surface area (TPSA) is 84.3 Å². The summed E-state index contributed by atoms with van der Waals surface area (Å²) >= 11 is 6.95. The first-order valence-electron chi connectivity index (χ1n) is 10.2. The molecule has 1 aromatic carbocycles. The van der Waals surface area contributed by atoms with Crippen LogP contribution in [0.15, 0.2) is 46.7 Å². The first kappa shape index (κ1) is 20.7. The van der Waals surface area contributed by atoms with Gasteiger partial charge in [0.05, 0.1) is 15.7 Å². The van der Waals surface area contributed by atoms with E-state index in [2.05, 4.69) is 5.32 Å². The Bertz CT molecular complexity index is 1240. The van der Waals surface area contributed by atoms with Gasteiger partial charge in [-0.2, -0.15) is 9.40 Å². The third-order valence-electron chi connectivity index (χ3n) is 5.77. The van der Waals surface area contributed by atoms with Gasteiger partial charge in [-0.05, 0) is 56.4 Å². The van der Waals surface area contributed by atoms with Gasteiger partial charge >= 0.3 is 0 Å². The number of aromatic nitrogens is 2. The predicted molar refractivity (Wildman–Crippen MR) is 120 cm³/mol. The van der Waals surface area contributed by atoms with E-state index in [1.54, 1.807) is 10.7 Å². The number of hydrogen-bond donors (Lipinski definition) is 1. The Morgan fingerprint density at radius 1 is 1.13 bits per heavy atom. The second-order valence-corrected chi connectivity index (χ2v) is 11.5. The molecule has 0 saturated carbocycles. The molecule has 1 amide bonds. The molecule has 2 aromatic heterocycles. The van der Waals surface area contributed by atoms with Crippen LogP contribution in [0.5, 0.6) is 0 Å². The number of halogens is 1. The number of nitrogens with one attached hydrogen (secondary N) is 1. The average Bonchev–Trinajstić information content (AvgIpc) is 3.54. The minimum atomic E-state index is -3.78. The number of benzene rings is 1. The molecule has 5 rings (SSSR count). The Morgan fingerprint density at radius 2 is 1.94 bits per heavy atom. The van der Waals surface area contributed by atoms with E-state index >= 15 is 0 Å². The SMILES string of the molecule is O=C(Nc1c2c(nn1-c1ccccc1)CCC2)C1CCCN1S(=O)(=O)c1ccc(Cl)s1. The number of anilines is 1. The van der Waals surface area contributed by atoms with Crippen LogP contribution in [0, 0.1) is 0 Å². The zero-order valence-electron chi connectivity index (χ0n) is 16.6. The Morgan fingerprint density at radius 3 is 2.68 bits per heavy atom. The summed E-state index contributed by atoms with van der Waals surface area (Å²) in [5.74, 6) is 0.322. The summed E-state index contributed by atoms with van der Waals surface area (Å²) in [5.41, 5.74) is 2.88. The minimum absolute atomic E-state index is 0.160. The van der Waals surface area contributed by atoms with Gasteiger partial charge in [0.25, 0.3) is 10.0 Å². The Hall–Kier alpha value is -2.20. The molecule has 1 saturated heterocycles. The summed E-state index contributed by atoms with van der Waals surface area (Å²) < 4.78 is 29.9. The second-order valence-electron chi connectivity index (χ2n) is 7.70. The number of aryl methyl sites for hydroxylation is 1. The summed E-state index contributed by atoms with van der Waals surface area (Å²) in [5, 5.41) is 7.74.